The van der Waals surface area contributed by atoms with Crippen LogP contribution in [0.4, 0.5) is 0 Å². The van der Waals surface area contributed by atoms with E-state index in [-0.39, 0.29) is 0 Å². The predicted octanol–water partition coefficient (Wildman–Crippen LogP) is 4.83. The van der Waals surface area contributed by atoms with Crippen molar-refractivity contribution in [3.05, 3.63) is 29.4 Å². The Balaban J connectivity index is 1.31. The maximum Gasteiger partial charge on any atom is 0.273 e. The van der Waals surface area contributed by atoms with Crippen LogP contribution >= 0.6 is 11.3 Å². The van der Waals surface area contributed by atoms with Crippen LogP contribution in [0.25, 0.3) is 22.3 Å². The molecule has 0 atom stereocenters. The van der Waals surface area contributed by atoms with Gasteiger partial charge in [0, 0.05) is 54.5 Å². The van der Waals surface area contributed by atoms with Gasteiger partial charge in [0.25, 0.3) is 5.19 Å². The average Bonchev–Trinajstić information content (AvgIpc) is 3.32. The summed E-state index contributed by atoms with van der Waals surface area (Å²) < 4.78 is 11.2. The van der Waals surface area contributed by atoms with Gasteiger partial charge in [-0.15, -0.1) is 0 Å². The number of thiazole rings is 1. The molecule has 4 heterocycles. The fourth-order valence-corrected chi connectivity index (χ4v) is 5.66. The number of nitrogens with one attached hydrogen (secondary N) is 1. The first-order valence-corrected chi connectivity index (χ1v) is 12.1. The van der Waals surface area contributed by atoms with Crippen LogP contribution in [0.3, 0.4) is 0 Å². The minimum atomic E-state index is 0.596. The molecule has 0 radical (unpaired) electrons. The lowest BCUT2D eigenvalue weighted by Crippen LogP contribution is -2.39. The molecule has 1 aliphatic heterocycles. The number of ether oxygens (including phenoxy) is 2. The Hall–Kier alpha value is -1.96. The second-order valence-electron chi connectivity index (χ2n) is 8.31. The van der Waals surface area contributed by atoms with E-state index in [0.29, 0.717) is 12.5 Å². The molecular weight excluding hydrogens is 396 g/mol. The second-order valence-corrected chi connectivity index (χ2v) is 9.13. The standard InChI is InChI=1S/C23H30N4O2S/c1-2-29-23-26-21(15-30-23)20-14-25-22-19(20)12-17(13-24-22)16-4-6-18(7-5-16)27-8-3-10-28-11-9-27/h12-16,18H,2-11H2,1H3,(H,24,25)/t16-,18-. The number of rotatable bonds is 5. The Bertz CT molecular complexity index is 969. The number of hydrogen-bond acceptors (Lipinski definition) is 6. The highest BCUT2D eigenvalue weighted by atomic mass is 32.1. The van der Waals surface area contributed by atoms with Gasteiger partial charge in [-0.05, 0) is 56.6 Å². The summed E-state index contributed by atoms with van der Waals surface area (Å²) in [4.78, 5) is 15.3. The number of pyridine rings is 1. The molecule has 30 heavy (non-hydrogen) atoms. The molecular formula is C23H30N4O2S. The van der Waals surface area contributed by atoms with Gasteiger partial charge in [-0.3, -0.25) is 4.90 Å². The summed E-state index contributed by atoms with van der Waals surface area (Å²) in [5, 5.41) is 3.95. The Kier molecular flexibility index (Phi) is 6.02. The summed E-state index contributed by atoms with van der Waals surface area (Å²) in [5.74, 6) is 0.596. The number of aromatic nitrogens is 3. The van der Waals surface area contributed by atoms with Crippen LogP contribution in [0.2, 0.25) is 0 Å². The van der Waals surface area contributed by atoms with Crippen LogP contribution in [0.1, 0.15) is 50.5 Å². The Labute approximate surface area is 181 Å². The molecule has 3 aromatic rings. The van der Waals surface area contributed by atoms with Gasteiger partial charge in [-0.2, -0.15) is 0 Å². The molecule has 3 aromatic heterocycles. The zero-order chi connectivity index (χ0) is 20.3. The van der Waals surface area contributed by atoms with Crippen molar-refractivity contribution in [2.45, 2.75) is 51.0 Å². The second kappa shape index (κ2) is 9.04. The van der Waals surface area contributed by atoms with Crippen LogP contribution in [0.5, 0.6) is 5.19 Å². The average molecular weight is 427 g/mol. The van der Waals surface area contributed by atoms with Crippen molar-refractivity contribution >= 4 is 22.4 Å². The van der Waals surface area contributed by atoms with E-state index in [9.17, 15) is 0 Å². The number of H-pyrrole nitrogens is 1. The molecule has 1 saturated carbocycles. The van der Waals surface area contributed by atoms with Gasteiger partial charge in [-0.25, -0.2) is 9.97 Å². The van der Waals surface area contributed by atoms with Crippen LogP contribution in [0.15, 0.2) is 23.8 Å². The van der Waals surface area contributed by atoms with E-state index < -0.39 is 0 Å². The van der Waals surface area contributed by atoms with Crippen molar-refractivity contribution in [1.29, 1.82) is 0 Å². The molecule has 5 rings (SSSR count). The van der Waals surface area contributed by atoms with Crippen molar-refractivity contribution in [3.8, 4) is 16.5 Å². The molecule has 7 heteroatoms. The topological polar surface area (TPSA) is 63.3 Å². The molecule has 1 aliphatic carbocycles. The highest BCUT2D eigenvalue weighted by molar-refractivity contribution is 7.11. The molecule has 0 spiro atoms. The maximum atomic E-state index is 5.64. The maximum absolute atomic E-state index is 5.64. The lowest BCUT2D eigenvalue weighted by Gasteiger charge is -2.36. The number of fused-ring (bicyclic) bond motifs is 1. The molecule has 160 valence electrons. The fraction of sp³-hybridized carbons (Fsp3) is 0.565. The van der Waals surface area contributed by atoms with E-state index in [1.165, 1.54) is 44.2 Å². The van der Waals surface area contributed by atoms with E-state index in [4.69, 9.17) is 14.5 Å². The van der Waals surface area contributed by atoms with Gasteiger partial charge >= 0.3 is 0 Å². The Morgan fingerprint density at radius 1 is 1.23 bits per heavy atom. The van der Waals surface area contributed by atoms with E-state index in [0.717, 1.165) is 53.3 Å². The summed E-state index contributed by atoms with van der Waals surface area (Å²) in [7, 11) is 0. The van der Waals surface area contributed by atoms with Gasteiger partial charge < -0.3 is 14.5 Å². The molecule has 0 unspecified atom stereocenters. The minimum Gasteiger partial charge on any atom is -0.470 e. The van der Waals surface area contributed by atoms with Crippen LogP contribution in [0, 0.1) is 0 Å². The van der Waals surface area contributed by atoms with Crippen molar-refractivity contribution in [3.63, 3.8) is 0 Å². The monoisotopic (exact) mass is 426 g/mol. The van der Waals surface area contributed by atoms with Crippen LogP contribution in [-0.4, -0.2) is 58.8 Å². The van der Waals surface area contributed by atoms with Crippen molar-refractivity contribution in [2.24, 2.45) is 0 Å². The van der Waals surface area contributed by atoms with E-state index in [1.807, 2.05) is 13.1 Å². The van der Waals surface area contributed by atoms with Gasteiger partial charge in [-0.1, -0.05) is 11.3 Å². The molecule has 2 fully saturated rings. The smallest absolute Gasteiger partial charge is 0.273 e. The van der Waals surface area contributed by atoms with Gasteiger partial charge in [0.1, 0.15) is 5.65 Å². The first-order chi connectivity index (χ1) is 14.8. The minimum absolute atomic E-state index is 0.596. The summed E-state index contributed by atoms with van der Waals surface area (Å²) in [6.07, 6.45) is 10.3. The van der Waals surface area contributed by atoms with E-state index in [2.05, 4.69) is 32.5 Å². The fourth-order valence-electron chi connectivity index (χ4n) is 4.93. The third kappa shape index (κ3) is 4.11. The lowest BCUT2D eigenvalue weighted by molar-refractivity contribution is 0.118. The number of hydrogen-bond donors (Lipinski definition) is 1. The number of nitrogens with zero attached hydrogens (tertiary/aromatic N) is 3. The summed E-state index contributed by atoms with van der Waals surface area (Å²) >= 11 is 1.55. The Morgan fingerprint density at radius 3 is 3.00 bits per heavy atom. The third-order valence-corrected chi connectivity index (χ3v) is 7.27. The highest BCUT2D eigenvalue weighted by Crippen LogP contribution is 2.37. The van der Waals surface area contributed by atoms with Crippen molar-refractivity contribution in [2.75, 3.05) is 32.9 Å². The first kappa shape index (κ1) is 20.0. The van der Waals surface area contributed by atoms with E-state index >= 15 is 0 Å². The largest absolute Gasteiger partial charge is 0.470 e. The van der Waals surface area contributed by atoms with Gasteiger partial charge in [0.15, 0.2) is 0 Å². The normalized spacial score (nSPS) is 23.5. The van der Waals surface area contributed by atoms with Crippen LogP contribution < -0.4 is 4.74 Å². The molecule has 0 aromatic carbocycles. The zero-order valence-electron chi connectivity index (χ0n) is 17.6. The van der Waals surface area contributed by atoms with Crippen LogP contribution in [-0.2, 0) is 4.74 Å². The zero-order valence-corrected chi connectivity index (χ0v) is 18.4. The molecule has 1 saturated heterocycles. The van der Waals surface area contributed by atoms with Gasteiger partial charge in [0.05, 0.1) is 18.9 Å². The third-order valence-electron chi connectivity index (χ3n) is 6.52. The quantitative estimate of drug-likeness (QED) is 0.633. The number of aromatic amines is 1. The molecule has 2 aliphatic rings. The van der Waals surface area contributed by atoms with Crippen molar-refractivity contribution in [1.82, 2.24) is 19.9 Å². The highest BCUT2D eigenvalue weighted by Gasteiger charge is 2.27. The summed E-state index contributed by atoms with van der Waals surface area (Å²) in [6.45, 7) is 6.71. The molecule has 0 bridgehead atoms. The molecule has 1 N–H and O–H groups in total. The molecule has 6 nitrogen and oxygen atoms in total. The van der Waals surface area contributed by atoms with E-state index in [1.54, 1.807) is 11.3 Å². The predicted molar refractivity (Wildman–Crippen MR) is 120 cm³/mol. The Morgan fingerprint density at radius 2 is 2.13 bits per heavy atom. The lowest BCUT2D eigenvalue weighted by atomic mass is 9.81. The summed E-state index contributed by atoms with van der Waals surface area (Å²) in [5.41, 5.74) is 4.36. The first-order valence-electron chi connectivity index (χ1n) is 11.2. The van der Waals surface area contributed by atoms with Crippen molar-refractivity contribution < 1.29 is 9.47 Å². The molecule has 0 amide bonds. The summed E-state index contributed by atoms with van der Waals surface area (Å²) in [6, 6.07) is 3.05. The van der Waals surface area contributed by atoms with Gasteiger partial charge in [0.2, 0.25) is 0 Å². The SMILES string of the molecule is CCOc1nc(-c2c[nH]c3ncc([C@H]4CC[C@H](N5CCCOCC5)CC4)cc23)cs1.